The van der Waals surface area contributed by atoms with E-state index in [1.807, 2.05) is 12.1 Å². The Morgan fingerprint density at radius 3 is 2.31 bits per heavy atom. The van der Waals surface area contributed by atoms with Crippen molar-refractivity contribution in [3.05, 3.63) is 33.4 Å². The van der Waals surface area contributed by atoms with Gasteiger partial charge in [0, 0.05) is 10.6 Å². The molecule has 5 heteroatoms. The first-order valence-corrected chi connectivity index (χ1v) is 5.68. The van der Waals surface area contributed by atoms with Gasteiger partial charge in [-0.2, -0.15) is 0 Å². The van der Waals surface area contributed by atoms with Crippen LogP contribution in [0.25, 0.3) is 0 Å². The maximum absolute atomic E-state index is 11.3. The maximum atomic E-state index is 11.3. The number of carboxylic acids is 1. The minimum Gasteiger partial charge on any atom is -0.479 e. The zero-order valence-electron chi connectivity index (χ0n) is 8.98. The third-order valence-electron chi connectivity index (χ3n) is 2.69. The lowest BCUT2D eigenvalue weighted by atomic mass is 9.91. The Morgan fingerprint density at radius 2 is 1.94 bits per heavy atom. The number of likely N-dealkylation sites (N-methyl/N-ethyl adjacent to an activating group) is 1. The molecule has 0 saturated carbocycles. The van der Waals surface area contributed by atoms with E-state index in [1.54, 1.807) is 12.1 Å². The van der Waals surface area contributed by atoms with Crippen LogP contribution in [0.5, 0.6) is 0 Å². The number of carbonyl (C=O) groups excluding carboxylic acids is 1. The van der Waals surface area contributed by atoms with Crippen molar-refractivity contribution in [1.82, 2.24) is 4.90 Å². The number of rotatable bonds is 4. The first kappa shape index (κ1) is 13.0. The Hall–Kier alpha value is -1.11. The van der Waals surface area contributed by atoms with Crippen molar-refractivity contribution < 1.29 is 14.7 Å². The lowest BCUT2D eigenvalue weighted by Crippen LogP contribution is -2.47. The lowest BCUT2D eigenvalue weighted by Gasteiger charge is -2.32. The fourth-order valence-corrected chi connectivity index (χ4v) is 1.72. The number of hydrogen-bond acceptors (Lipinski definition) is 2. The molecular formula is C11H12INO3. The molecule has 1 unspecified atom stereocenters. The van der Waals surface area contributed by atoms with Crippen molar-refractivity contribution >= 4 is 35.0 Å². The molecule has 0 radical (unpaired) electrons. The van der Waals surface area contributed by atoms with Gasteiger partial charge in [0.25, 0.3) is 0 Å². The number of amides is 1. The molecule has 0 heterocycles. The predicted octanol–water partition coefficient (Wildman–Crippen LogP) is 1.68. The zero-order valence-corrected chi connectivity index (χ0v) is 11.1. The second-order valence-corrected chi connectivity index (χ2v) is 4.85. The van der Waals surface area contributed by atoms with Crippen LogP contribution in [-0.2, 0) is 15.1 Å². The molecule has 0 fully saturated rings. The summed E-state index contributed by atoms with van der Waals surface area (Å²) in [6.07, 6.45) is 0.520. The Balaban J connectivity index is 3.26. The maximum Gasteiger partial charge on any atom is 0.334 e. The molecule has 4 nitrogen and oxygen atoms in total. The van der Waals surface area contributed by atoms with Crippen LogP contribution in [0.3, 0.4) is 0 Å². The molecule has 16 heavy (non-hydrogen) atoms. The molecule has 1 rings (SSSR count). The van der Waals surface area contributed by atoms with Gasteiger partial charge in [-0.1, -0.05) is 12.1 Å². The summed E-state index contributed by atoms with van der Waals surface area (Å²) in [5.41, 5.74) is -0.749. The molecule has 0 aliphatic heterocycles. The fourth-order valence-electron chi connectivity index (χ4n) is 1.36. The van der Waals surface area contributed by atoms with Crippen LogP contribution in [0.15, 0.2) is 24.3 Å². The molecule has 86 valence electrons. The van der Waals surface area contributed by atoms with Crippen molar-refractivity contribution in [2.45, 2.75) is 12.5 Å². The molecule has 1 aromatic carbocycles. The van der Waals surface area contributed by atoms with E-state index in [4.69, 9.17) is 0 Å². The SMILES string of the molecule is CN(C=O)C(C)(C(=O)O)c1ccc(I)cc1. The molecule has 0 aliphatic carbocycles. The molecule has 1 aromatic rings. The third kappa shape index (κ3) is 2.18. The van der Waals surface area contributed by atoms with Gasteiger partial charge in [-0.3, -0.25) is 4.79 Å². The minimum absolute atomic E-state index is 0.520. The zero-order chi connectivity index (χ0) is 12.3. The van der Waals surface area contributed by atoms with Gasteiger partial charge in [-0.05, 0) is 47.2 Å². The smallest absolute Gasteiger partial charge is 0.334 e. The van der Waals surface area contributed by atoms with E-state index in [0.717, 1.165) is 8.47 Å². The number of aliphatic carboxylic acids is 1. The van der Waals surface area contributed by atoms with Crippen LogP contribution < -0.4 is 0 Å². The van der Waals surface area contributed by atoms with Crippen molar-refractivity contribution in [2.24, 2.45) is 0 Å². The number of carbonyl (C=O) groups is 2. The van der Waals surface area contributed by atoms with Gasteiger partial charge in [-0.15, -0.1) is 0 Å². The van der Waals surface area contributed by atoms with Crippen molar-refractivity contribution in [2.75, 3.05) is 7.05 Å². The molecular weight excluding hydrogens is 321 g/mol. The van der Waals surface area contributed by atoms with Crippen LogP contribution in [0, 0.1) is 3.57 Å². The number of carboxylic acid groups (broad SMARTS) is 1. The summed E-state index contributed by atoms with van der Waals surface area (Å²) in [5.74, 6) is -1.05. The first-order chi connectivity index (χ1) is 7.42. The molecule has 1 atom stereocenters. The van der Waals surface area contributed by atoms with E-state index in [1.165, 1.54) is 14.0 Å². The highest BCUT2D eigenvalue weighted by atomic mass is 127. The number of nitrogens with zero attached hydrogens (tertiary/aromatic N) is 1. The van der Waals surface area contributed by atoms with E-state index in [2.05, 4.69) is 22.6 Å². The third-order valence-corrected chi connectivity index (χ3v) is 3.41. The van der Waals surface area contributed by atoms with Crippen molar-refractivity contribution in [3.8, 4) is 0 Å². The second kappa shape index (κ2) is 4.82. The summed E-state index contributed by atoms with van der Waals surface area (Å²) >= 11 is 2.14. The van der Waals surface area contributed by atoms with Crippen LogP contribution in [0.1, 0.15) is 12.5 Å². The Bertz CT molecular complexity index is 404. The quantitative estimate of drug-likeness (QED) is 0.674. The van der Waals surface area contributed by atoms with Crippen LogP contribution >= 0.6 is 22.6 Å². The summed E-state index contributed by atoms with van der Waals surface area (Å²) in [6.45, 7) is 1.51. The van der Waals surface area contributed by atoms with Crippen molar-refractivity contribution in [3.63, 3.8) is 0 Å². The van der Waals surface area contributed by atoms with E-state index >= 15 is 0 Å². The Morgan fingerprint density at radius 1 is 1.44 bits per heavy atom. The number of halogens is 1. The monoisotopic (exact) mass is 333 g/mol. The molecule has 1 N–H and O–H groups in total. The fraction of sp³-hybridized carbons (Fsp3) is 0.273. The first-order valence-electron chi connectivity index (χ1n) is 4.60. The van der Waals surface area contributed by atoms with Crippen LogP contribution in [0.4, 0.5) is 0 Å². The summed E-state index contributed by atoms with van der Waals surface area (Å²) < 4.78 is 1.02. The normalized spacial score (nSPS) is 13.9. The summed E-state index contributed by atoms with van der Waals surface area (Å²) in [4.78, 5) is 23.2. The predicted molar refractivity (Wildman–Crippen MR) is 68.0 cm³/mol. The Labute approximate surface area is 107 Å². The standard InChI is InChI=1S/C11H12INO3/c1-11(10(15)16,13(2)7-14)8-3-5-9(12)6-4-8/h3-7H,1-2H3,(H,15,16). The van der Waals surface area contributed by atoms with E-state index in [9.17, 15) is 14.7 Å². The average Bonchev–Trinajstić information content (AvgIpc) is 2.27. The molecule has 0 bridgehead atoms. The molecule has 0 aliphatic rings. The van der Waals surface area contributed by atoms with E-state index in [-0.39, 0.29) is 0 Å². The van der Waals surface area contributed by atoms with Gasteiger partial charge in [0.15, 0.2) is 5.54 Å². The van der Waals surface area contributed by atoms with Crippen LogP contribution in [0.2, 0.25) is 0 Å². The average molecular weight is 333 g/mol. The van der Waals surface area contributed by atoms with E-state index in [0.29, 0.717) is 12.0 Å². The highest BCUT2D eigenvalue weighted by Gasteiger charge is 2.39. The highest BCUT2D eigenvalue weighted by Crippen LogP contribution is 2.27. The van der Waals surface area contributed by atoms with Gasteiger partial charge < -0.3 is 10.0 Å². The number of benzene rings is 1. The van der Waals surface area contributed by atoms with Crippen molar-refractivity contribution in [1.29, 1.82) is 0 Å². The van der Waals surface area contributed by atoms with Crippen LogP contribution in [-0.4, -0.2) is 29.4 Å². The van der Waals surface area contributed by atoms with E-state index < -0.39 is 11.5 Å². The molecule has 0 aromatic heterocycles. The second-order valence-electron chi connectivity index (χ2n) is 3.60. The van der Waals surface area contributed by atoms with Gasteiger partial charge in [0.05, 0.1) is 0 Å². The largest absolute Gasteiger partial charge is 0.479 e. The molecule has 0 spiro atoms. The van der Waals surface area contributed by atoms with Gasteiger partial charge in [0.2, 0.25) is 6.41 Å². The van der Waals surface area contributed by atoms with Gasteiger partial charge >= 0.3 is 5.97 Å². The van der Waals surface area contributed by atoms with Gasteiger partial charge in [0.1, 0.15) is 0 Å². The number of hydrogen-bond donors (Lipinski definition) is 1. The minimum atomic E-state index is -1.33. The lowest BCUT2D eigenvalue weighted by molar-refractivity contribution is -0.153. The summed E-state index contributed by atoms with van der Waals surface area (Å²) in [5, 5.41) is 9.25. The molecule has 1 amide bonds. The Kier molecular flexibility index (Phi) is 3.90. The highest BCUT2D eigenvalue weighted by molar-refractivity contribution is 14.1. The summed E-state index contributed by atoms with van der Waals surface area (Å²) in [6, 6.07) is 7.07. The topological polar surface area (TPSA) is 57.6 Å². The summed E-state index contributed by atoms with van der Waals surface area (Å²) in [7, 11) is 1.46. The molecule has 0 saturated heterocycles. The van der Waals surface area contributed by atoms with Gasteiger partial charge in [-0.25, -0.2) is 4.79 Å².